The van der Waals surface area contributed by atoms with E-state index in [0.29, 0.717) is 25.4 Å². The van der Waals surface area contributed by atoms with Gasteiger partial charge in [0.15, 0.2) is 0 Å². The average molecular weight is 418 g/mol. The van der Waals surface area contributed by atoms with Gasteiger partial charge in [-0.2, -0.15) is 0 Å². The van der Waals surface area contributed by atoms with Gasteiger partial charge in [-0.3, -0.25) is 4.79 Å². The molecule has 1 aliphatic rings. The summed E-state index contributed by atoms with van der Waals surface area (Å²) < 4.78 is 32.6. The first-order valence-corrected chi connectivity index (χ1v) is 11.3. The van der Waals surface area contributed by atoms with Crippen LogP contribution in [0.25, 0.3) is 0 Å². The minimum absolute atomic E-state index is 0.0351. The summed E-state index contributed by atoms with van der Waals surface area (Å²) in [5.41, 5.74) is 1.16. The molecule has 1 N–H and O–H groups in total. The van der Waals surface area contributed by atoms with E-state index >= 15 is 0 Å². The number of nitrogens with zero attached hydrogens (tertiary/aromatic N) is 2. The highest BCUT2D eigenvalue weighted by molar-refractivity contribution is 7.89. The van der Waals surface area contributed by atoms with Crippen LogP contribution in [0, 0.1) is 0 Å². The lowest BCUT2D eigenvalue weighted by molar-refractivity contribution is -0.131. The van der Waals surface area contributed by atoms with Gasteiger partial charge in [0, 0.05) is 44.8 Å². The van der Waals surface area contributed by atoms with Crippen LogP contribution < -0.4 is 14.4 Å². The molecule has 2 aromatic carbocycles. The van der Waals surface area contributed by atoms with E-state index in [1.54, 1.807) is 17.0 Å². The average Bonchev–Trinajstić information content (AvgIpc) is 2.75. The summed E-state index contributed by atoms with van der Waals surface area (Å²) in [6.45, 7) is 5.28. The Morgan fingerprint density at radius 1 is 1.00 bits per heavy atom. The van der Waals surface area contributed by atoms with Crippen LogP contribution >= 0.6 is 0 Å². The number of para-hydroxylation sites is 1. The number of hydrogen-bond acceptors (Lipinski definition) is 5. The zero-order valence-electron chi connectivity index (χ0n) is 16.6. The number of amides is 1. The van der Waals surface area contributed by atoms with Crippen molar-refractivity contribution >= 4 is 21.6 Å². The molecule has 0 saturated carbocycles. The minimum Gasteiger partial charge on any atom is -0.494 e. The van der Waals surface area contributed by atoms with Crippen molar-refractivity contribution in [2.75, 3.05) is 44.2 Å². The number of ether oxygens (including phenoxy) is 1. The van der Waals surface area contributed by atoms with Gasteiger partial charge >= 0.3 is 0 Å². The minimum atomic E-state index is -3.65. The normalized spacial score (nSPS) is 14.7. The predicted molar refractivity (Wildman–Crippen MR) is 113 cm³/mol. The highest BCUT2D eigenvalue weighted by atomic mass is 32.2. The van der Waals surface area contributed by atoms with Gasteiger partial charge in [0.25, 0.3) is 0 Å². The third kappa shape index (κ3) is 5.71. The van der Waals surface area contributed by atoms with E-state index in [9.17, 15) is 13.2 Å². The number of hydrogen-bond donors (Lipinski definition) is 1. The van der Waals surface area contributed by atoms with E-state index in [1.165, 1.54) is 12.1 Å². The summed E-state index contributed by atoms with van der Waals surface area (Å²) in [6, 6.07) is 16.4. The Bertz CT molecular complexity index is 893. The van der Waals surface area contributed by atoms with Gasteiger partial charge in [-0.25, -0.2) is 13.1 Å². The van der Waals surface area contributed by atoms with Crippen molar-refractivity contribution in [1.29, 1.82) is 0 Å². The molecule has 0 radical (unpaired) electrons. The molecule has 1 heterocycles. The molecule has 0 aliphatic carbocycles. The smallest absolute Gasteiger partial charge is 0.240 e. The number of carbonyl (C=O) groups excluding carboxylic acids is 1. The van der Waals surface area contributed by atoms with Crippen molar-refractivity contribution in [2.45, 2.75) is 18.2 Å². The zero-order valence-corrected chi connectivity index (χ0v) is 17.4. The molecule has 0 bridgehead atoms. The summed E-state index contributed by atoms with van der Waals surface area (Å²) in [6.07, 6.45) is 0.140. The first kappa shape index (κ1) is 21.1. The van der Waals surface area contributed by atoms with Gasteiger partial charge in [0.2, 0.25) is 15.9 Å². The monoisotopic (exact) mass is 417 g/mol. The molecule has 8 heteroatoms. The molecule has 0 atom stereocenters. The van der Waals surface area contributed by atoms with Crippen LogP contribution in [0.2, 0.25) is 0 Å². The van der Waals surface area contributed by atoms with E-state index in [2.05, 4.69) is 21.8 Å². The van der Waals surface area contributed by atoms with Gasteiger partial charge < -0.3 is 14.5 Å². The maximum atomic E-state index is 12.4. The van der Waals surface area contributed by atoms with Crippen LogP contribution in [0.1, 0.15) is 13.3 Å². The van der Waals surface area contributed by atoms with Crippen LogP contribution in [-0.4, -0.2) is 58.6 Å². The molecule has 156 valence electrons. The van der Waals surface area contributed by atoms with Crippen molar-refractivity contribution in [2.24, 2.45) is 0 Å². The second-order valence-electron chi connectivity index (χ2n) is 6.76. The fraction of sp³-hybridized carbons (Fsp3) is 0.381. The molecule has 3 rings (SSSR count). The van der Waals surface area contributed by atoms with Crippen LogP contribution in [-0.2, 0) is 14.8 Å². The number of benzene rings is 2. The summed E-state index contributed by atoms with van der Waals surface area (Å²) >= 11 is 0. The first-order chi connectivity index (χ1) is 14.0. The molecule has 1 aliphatic heterocycles. The highest BCUT2D eigenvalue weighted by Gasteiger charge is 2.22. The van der Waals surface area contributed by atoms with Crippen molar-refractivity contribution in [3.8, 4) is 5.75 Å². The standard InChI is InChI=1S/C21H27N3O4S/c1-2-28-19-8-10-20(11-9-19)29(26,27)22-13-12-21(25)24-16-14-23(15-17-24)18-6-4-3-5-7-18/h3-11,22H,2,12-17H2,1H3. The van der Waals surface area contributed by atoms with Gasteiger partial charge in [-0.15, -0.1) is 0 Å². The van der Waals surface area contributed by atoms with Crippen molar-refractivity contribution in [3.05, 3.63) is 54.6 Å². The molecule has 2 aromatic rings. The quantitative estimate of drug-likeness (QED) is 0.712. The summed E-state index contributed by atoms with van der Waals surface area (Å²) in [5, 5.41) is 0. The highest BCUT2D eigenvalue weighted by Crippen LogP contribution is 2.17. The maximum absolute atomic E-state index is 12.4. The lowest BCUT2D eigenvalue weighted by Gasteiger charge is -2.36. The van der Waals surface area contributed by atoms with Crippen molar-refractivity contribution in [3.63, 3.8) is 0 Å². The second-order valence-corrected chi connectivity index (χ2v) is 8.52. The van der Waals surface area contributed by atoms with Crippen LogP contribution in [0.15, 0.2) is 59.5 Å². The first-order valence-electron chi connectivity index (χ1n) is 9.80. The Balaban J connectivity index is 1.45. The number of anilines is 1. The van der Waals surface area contributed by atoms with Crippen molar-refractivity contribution < 1.29 is 17.9 Å². The summed E-state index contributed by atoms with van der Waals surface area (Å²) in [7, 11) is -3.65. The molecule has 1 saturated heterocycles. The molecular formula is C21H27N3O4S. The Morgan fingerprint density at radius 3 is 2.28 bits per heavy atom. The van der Waals surface area contributed by atoms with Crippen LogP contribution in [0.3, 0.4) is 0 Å². The lowest BCUT2D eigenvalue weighted by atomic mass is 10.2. The van der Waals surface area contributed by atoms with Gasteiger partial charge in [0.05, 0.1) is 11.5 Å². The second kappa shape index (κ2) is 9.76. The molecule has 0 spiro atoms. The number of rotatable bonds is 8. The molecule has 0 unspecified atom stereocenters. The predicted octanol–water partition coefficient (Wildman–Crippen LogP) is 2.10. The maximum Gasteiger partial charge on any atom is 0.240 e. The van der Waals surface area contributed by atoms with E-state index in [4.69, 9.17) is 4.74 Å². The van der Waals surface area contributed by atoms with E-state index in [0.717, 1.165) is 18.8 Å². The largest absolute Gasteiger partial charge is 0.494 e. The number of sulfonamides is 1. The van der Waals surface area contributed by atoms with Gasteiger partial charge in [0.1, 0.15) is 5.75 Å². The van der Waals surface area contributed by atoms with E-state index in [-0.39, 0.29) is 23.8 Å². The number of piperazine rings is 1. The molecule has 1 amide bonds. The lowest BCUT2D eigenvalue weighted by Crippen LogP contribution is -2.49. The van der Waals surface area contributed by atoms with Crippen molar-refractivity contribution in [1.82, 2.24) is 9.62 Å². The third-order valence-electron chi connectivity index (χ3n) is 4.83. The van der Waals surface area contributed by atoms with E-state index in [1.807, 2.05) is 25.1 Å². The third-order valence-corrected chi connectivity index (χ3v) is 6.31. The SMILES string of the molecule is CCOc1ccc(S(=O)(=O)NCCC(=O)N2CCN(c3ccccc3)CC2)cc1. The molecule has 7 nitrogen and oxygen atoms in total. The van der Waals surface area contributed by atoms with Crippen LogP contribution in [0.4, 0.5) is 5.69 Å². The molecule has 0 aromatic heterocycles. The summed E-state index contributed by atoms with van der Waals surface area (Å²) in [4.78, 5) is 16.6. The topological polar surface area (TPSA) is 78.9 Å². The van der Waals surface area contributed by atoms with Crippen LogP contribution in [0.5, 0.6) is 5.75 Å². The summed E-state index contributed by atoms with van der Waals surface area (Å²) in [5.74, 6) is 0.586. The fourth-order valence-corrected chi connectivity index (χ4v) is 4.30. The Hall–Kier alpha value is -2.58. The Labute approximate surface area is 172 Å². The number of nitrogens with one attached hydrogen (secondary N) is 1. The molecule has 29 heavy (non-hydrogen) atoms. The molecule has 1 fully saturated rings. The Kier molecular flexibility index (Phi) is 7.11. The fourth-order valence-electron chi connectivity index (χ4n) is 3.27. The zero-order chi connectivity index (χ0) is 20.7. The van der Waals surface area contributed by atoms with Gasteiger partial charge in [-0.1, -0.05) is 18.2 Å². The van der Waals surface area contributed by atoms with E-state index < -0.39 is 10.0 Å². The Morgan fingerprint density at radius 2 is 1.66 bits per heavy atom. The number of carbonyl (C=O) groups is 1. The molecular weight excluding hydrogens is 390 g/mol. The van der Waals surface area contributed by atoms with Gasteiger partial charge in [-0.05, 0) is 43.3 Å².